The summed E-state index contributed by atoms with van der Waals surface area (Å²) in [5.41, 5.74) is 1.01. The molecule has 0 aromatic heterocycles. The van der Waals surface area contributed by atoms with Gasteiger partial charge in [-0.3, -0.25) is 0 Å². The van der Waals surface area contributed by atoms with E-state index in [0.29, 0.717) is 0 Å². The van der Waals surface area contributed by atoms with Crippen LogP contribution in [-0.4, -0.2) is 0 Å². The van der Waals surface area contributed by atoms with Crippen molar-refractivity contribution >= 4 is 0 Å². The molecule has 0 heterocycles. The van der Waals surface area contributed by atoms with E-state index in [4.69, 9.17) is 0 Å². The minimum absolute atomic E-state index is 0.277. The second kappa shape index (κ2) is 6.43. The third-order valence-corrected chi connectivity index (χ3v) is 2.28. The summed E-state index contributed by atoms with van der Waals surface area (Å²) in [4.78, 5) is 0. The fraction of sp³-hybridized carbons (Fsp3) is 0.615. The van der Waals surface area contributed by atoms with Crippen molar-refractivity contribution in [2.75, 3.05) is 0 Å². The van der Waals surface area contributed by atoms with Crippen LogP contribution in [0.3, 0.4) is 0 Å². The average molecular weight is 191 g/mol. The van der Waals surface area contributed by atoms with Crippen LogP contribution in [0.1, 0.15) is 47.0 Å². The summed E-state index contributed by atoms with van der Waals surface area (Å²) < 4.78 is 0. The molecule has 0 aliphatic carbocycles. The van der Waals surface area contributed by atoms with Gasteiger partial charge in [-0.2, -0.15) is 5.26 Å². The molecule has 0 aromatic carbocycles. The Bertz CT molecular complexity index is 251. The summed E-state index contributed by atoms with van der Waals surface area (Å²) in [5.74, 6) is 0. The summed E-state index contributed by atoms with van der Waals surface area (Å²) in [6.07, 6.45) is 9.00. The first-order valence-electron chi connectivity index (χ1n) is 5.28. The van der Waals surface area contributed by atoms with Crippen LogP contribution in [0.15, 0.2) is 23.8 Å². The SMILES string of the molecule is CC=CC(C#N)(CC=C(C)C)CCC. The molecule has 1 nitrogen and oxygen atoms in total. The van der Waals surface area contributed by atoms with Crippen molar-refractivity contribution in [3.63, 3.8) is 0 Å². The Kier molecular flexibility index (Phi) is 5.95. The van der Waals surface area contributed by atoms with Gasteiger partial charge in [0.15, 0.2) is 0 Å². The lowest BCUT2D eigenvalue weighted by Gasteiger charge is -2.20. The highest BCUT2D eigenvalue weighted by molar-refractivity contribution is 5.15. The van der Waals surface area contributed by atoms with Crippen molar-refractivity contribution in [1.29, 1.82) is 5.26 Å². The minimum atomic E-state index is -0.277. The van der Waals surface area contributed by atoms with Gasteiger partial charge in [0.25, 0.3) is 0 Å². The van der Waals surface area contributed by atoms with Gasteiger partial charge in [-0.05, 0) is 33.6 Å². The number of hydrogen-bond acceptors (Lipinski definition) is 1. The molecule has 0 aliphatic rings. The van der Waals surface area contributed by atoms with Crippen molar-refractivity contribution in [1.82, 2.24) is 0 Å². The molecule has 0 spiro atoms. The van der Waals surface area contributed by atoms with E-state index in [-0.39, 0.29) is 5.41 Å². The lowest BCUT2D eigenvalue weighted by Crippen LogP contribution is -2.14. The normalized spacial score (nSPS) is 14.8. The van der Waals surface area contributed by atoms with Crippen molar-refractivity contribution in [3.05, 3.63) is 23.8 Å². The second-order valence-electron chi connectivity index (χ2n) is 4.00. The van der Waals surface area contributed by atoms with Gasteiger partial charge in [-0.25, -0.2) is 0 Å². The van der Waals surface area contributed by atoms with E-state index in [1.807, 2.05) is 19.1 Å². The first-order chi connectivity index (χ1) is 6.60. The first kappa shape index (κ1) is 13.0. The molecular formula is C13H21N. The molecule has 0 radical (unpaired) electrons. The van der Waals surface area contributed by atoms with Crippen molar-refractivity contribution in [2.45, 2.75) is 47.0 Å². The van der Waals surface area contributed by atoms with Crippen LogP contribution in [0.4, 0.5) is 0 Å². The molecule has 0 bridgehead atoms. The number of allylic oxidation sites excluding steroid dienone is 4. The molecule has 1 unspecified atom stereocenters. The maximum absolute atomic E-state index is 9.22. The van der Waals surface area contributed by atoms with Crippen molar-refractivity contribution in [2.24, 2.45) is 5.41 Å². The Morgan fingerprint density at radius 1 is 1.43 bits per heavy atom. The van der Waals surface area contributed by atoms with Crippen LogP contribution in [0, 0.1) is 16.7 Å². The fourth-order valence-electron chi connectivity index (χ4n) is 1.54. The van der Waals surface area contributed by atoms with Gasteiger partial charge in [-0.1, -0.05) is 37.1 Å². The highest BCUT2D eigenvalue weighted by Crippen LogP contribution is 2.30. The molecule has 14 heavy (non-hydrogen) atoms. The van der Waals surface area contributed by atoms with Crippen LogP contribution in [0.5, 0.6) is 0 Å². The highest BCUT2D eigenvalue weighted by atomic mass is 14.3. The average Bonchev–Trinajstić information content (AvgIpc) is 2.15. The molecular weight excluding hydrogens is 170 g/mol. The molecule has 1 atom stereocenters. The van der Waals surface area contributed by atoms with Gasteiger partial charge >= 0.3 is 0 Å². The largest absolute Gasteiger partial charge is 0.197 e. The predicted octanol–water partition coefficient (Wildman–Crippen LogP) is 4.23. The zero-order valence-electron chi connectivity index (χ0n) is 9.80. The molecule has 0 N–H and O–H groups in total. The van der Waals surface area contributed by atoms with Crippen LogP contribution in [0.25, 0.3) is 0 Å². The number of nitrogens with zero attached hydrogens (tertiary/aromatic N) is 1. The standard InChI is InChI=1S/C13H21N/c1-5-8-13(11-14,9-6-2)10-7-12(3)4/h5,7-8H,6,9-10H2,1-4H3. The molecule has 0 amide bonds. The Hall–Kier alpha value is -1.03. The smallest absolute Gasteiger partial charge is 0.0787 e. The quantitative estimate of drug-likeness (QED) is 0.596. The Morgan fingerprint density at radius 3 is 2.43 bits per heavy atom. The van der Waals surface area contributed by atoms with Gasteiger partial charge in [0.05, 0.1) is 11.5 Å². The minimum Gasteiger partial charge on any atom is -0.197 e. The Morgan fingerprint density at radius 2 is 2.07 bits per heavy atom. The van der Waals surface area contributed by atoms with Crippen molar-refractivity contribution in [3.8, 4) is 6.07 Å². The molecule has 0 fully saturated rings. The van der Waals surface area contributed by atoms with Crippen LogP contribution < -0.4 is 0 Å². The zero-order valence-corrected chi connectivity index (χ0v) is 9.80. The summed E-state index contributed by atoms with van der Waals surface area (Å²) in [6.45, 7) is 8.25. The fourth-order valence-corrected chi connectivity index (χ4v) is 1.54. The Balaban J connectivity index is 4.68. The number of hydrogen-bond donors (Lipinski definition) is 0. The lowest BCUT2D eigenvalue weighted by molar-refractivity contribution is 0.461. The third kappa shape index (κ3) is 4.28. The molecule has 1 heteroatoms. The predicted molar refractivity (Wildman–Crippen MR) is 61.8 cm³/mol. The van der Waals surface area contributed by atoms with Crippen LogP contribution in [0.2, 0.25) is 0 Å². The van der Waals surface area contributed by atoms with E-state index >= 15 is 0 Å². The molecule has 0 aliphatic heterocycles. The van der Waals surface area contributed by atoms with E-state index < -0.39 is 0 Å². The van der Waals surface area contributed by atoms with Gasteiger partial charge in [0.2, 0.25) is 0 Å². The second-order valence-corrected chi connectivity index (χ2v) is 4.00. The van der Waals surface area contributed by atoms with Gasteiger partial charge in [0, 0.05) is 0 Å². The van der Waals surface area contributed by atoms with E-state index in [2.05, 4.69) is 32.9 Å². The summed E-state index contributed by atoms with van der Waals surface area (Å²) >= 11 is 0. The highest BCUT2D eigenvalue weighted by Gasteiger charge is 2.23. The zero-order chi connectivity index (χ0) is 11.0. The van der Waals surface area contributed by atoms with Crippen molar-refractivity contribution < 1.29 is 0 Å². The maximum atomic E-state index is 9.22. The number of rotatable bonds is 5. The van der Waals surface area contributed by atoms with Crippen LogP contribution >= 0.6 is 0 Å². The van der Waals surface area contributed by atoms with Gasteiger partial charge in [-0.15, -0.1) is 0 Å². The topological polar surface area (TPSA) is 23.8 Å². The molecule has 0 rings (SSSR count). The van der Waals surface area contributed by atoms with Gasteiger partial charge < -0.3 is 0 Å². The first-order valence-corrected chi connectivity index (χ1v) is 5.28. The molecule has 78 valence electrons. The number of nitriles is 1. The third-order valence-electron chi connectivity index (χ3n) is 2.28. The maximum Gasteiger partial charge on any atom is 0.0787 e. The van der Waals surface area contributed by atoms with Crippen LogP contribution in [-0.2, 0) is 0 Å². The monoisotopic (exact) mass is 191 g/mol. The van der Waals surface area contributed by atoms with E-state index in [1.165, 1.54) is 5.57 Å². The summed E-state index contributed by atoms with van der Waals surface area (Å²) in [5, 5.41) is 9.22. The van der Waals surface area contributed by atoms with E-state index in [0.717, 1.165) is 19.3 Å². The lowest BCUT2D eigenvalue weighted by atomic mass is 9.81. The van der Waals surface area contributed by atoms with E-state index in [9.17, 15) is 5.26 Å². The molecule has 0 saturated carbocycles. The molecule has 0 aromatic rings. The summed E-state index contributed by atoms with van der Waals surface area (Å²) in [7, 11) is 0. The van der Waals surface area contributed by atoms with Gasteiger partial charge in [0.1, 0.15) is 0 Å². The Labute approximate surface area is 88.1 Å². The van der Waals surface area contributed by atoms with E-state index in [1.54, 1.807) is 0 Å². The summed E-state index contributed by atoms with van der Waals surface area (Å²) in [6, 6.07) is 2.44. The molecule has 0 saturated heterocycles.